The van der Waals surface area contributed by atoms with Gasteiger partial charge < -0.3 is 4.18 Å². The molecule has 5 heteroatoms. The fourth-order valence-electron chi connectivity index (χ4n) is 6.55. The SMILES string of the molecule is CCC/C=C1/CC[C@H]2[C@@H]3CCc4cc5c(cc4[C@H]3CC[C@]12C)C=NS(=O)(=O)O5. The molecule has 0 spiro atoms. The summed E-state index contributed by atoms with van der Waals surface area (Å²) in [6.07, 6.45) is 13.8. The molecule has 150 valence electrons. The summed E-state index contributed by atoms with van der Waals surface area (Å²) < 4.78 is 32.0. The maximum Gasteiger partial charge on any atom is 0.428 e. The van der Waals surface area contributed by atoms with Gasteiger partial charge in [0.15, 0.2) is 5.75 Å². The number of rotatable bonds is 2. The van der Waals surface area contributed by atoms with Gasteiger partial charge in [0.25, 0.3) is 0 Å². The molecule has 5 rings (SSSR count). The summed E-state index contributed by atoms with van der Waals surface area (Å²) in [7, 11) is -3.82. The van der Waals surface area contributed by atoms with Gasteiger partial charge >= 0.3 is 10.3 Å². The number of unbranched alkanes of at least 4 members (excludes halogenated alkanes) is 1. The zero-order valence-corrected chi connectivity index (χ0v) is 17.6. The maximum atomic E-state index is 11.7. The van der Waals surface area contributed by atoms with Crippen LogP contribution in [-0.4, -0.2) is 14.6 Å². The molecule has 1 aliphatic heterocycles. The average molecular weight is 400 g/mol. The fourth-order valence-corrected chi connectivity index (χ4v) is 7.20. The molecule has 4 atom stereocenters. The molecule has 0 radical (unpaired) electrons. The lowest BCUT2D eigenvalue weighted by atomic mass is 9.55. The molecule has 4 aliphatic rings. The van der Waals surface area contributed by atoms with Gasteiger partial charge in [0.1, 0.15) is 0 Å². The molecule has 2 fully saturated rings. The lowest BCUT2D eigenvalue weighted by Crippen LogP contribution is -2.40. The van der Waals surface area contributed by atoms with Crippen molar-refractivity contribution in [3.05, 3.63) is 40.5 Å². The van der Waals surface area contributed by atoms with Crippen LogP contribution in [0.15, 0.2) is 28.2 Å². The number of nitrogens with zero attached hydrogens (tertiary/aromatic N) is 1. The van der Waals surface area contributed by atoms with Gasteiger partial charge in [-0.3, -0.25) is 0 Å². The van der Waals surface area contributed by atoms with E-state index in [1.54, 1.807) is 5.57 Å². The van der Waals surface area contributed by atoms with Crippen molar-refractivity contribution >= 4 is 16.5 Å². The molecule has 0 unspecified atom stereocenters. The summed E-state index contributed by atoms with van der Waals surface area (Å²) in [4.78, 5) is 0. The van der Waals surface area contributed by atoms with Gasteiger partial charge in [0.2, 0.25) is 0 Å². The minimum Gasteiger partial charge on any atom is -0.365 e. The molecule has 1 heterocycles. The van der Waals surface area contributed by atoms with Crippen LogP contribution >= 0.6 is 0 Å². The Bertz CT molecular complexity index is 978. The standard InChI is InChI=1S/C23H29NO3S/c1-3-4-5-17-7-9-21-19-8-6-15-13-22-16(14-24-28(25,26)27-22)12-20(15)18(19)10-11-23(17,21)2/h5,12-14,18-19,21H,3-4,6-11H2,1-2H3/b17-5-/t18-,19+,21-,23+/m0/s1. The number of hydrogen-bond donors (Lipinski definition) is 0. The Labute approximate surface area is 168 Å². The van der Waals surface area contributed by atoms with Crippen molar-refractivity contribution < 1.29 is 12.6 Å². The highest BCUT2D eigenvalue weighted by atomic mass is 32.2. The van der Waals surface area contributed by atoms with Gasteiger partial charge in [-0.2, -0.15) is 8.42 Å². The molecule has 1 aromatic rings. The Kier molecular flexibility index (Phi) is 4.24. The van der Waals surface area contributed by atoms with Gasteiger partial charge in [-0.25, -0.2) is 0 Å². The number of benzene rings is 1. The molecule has 0 amide bonds. The van der Waals surface area contributed by atoms with Gasteiger partial charge in [-0.15, -0.1) is 4.40 Å². The first kappa shape index (κ1) is 18.4. The molecule has 1 aromatic carbocycles. The van der Waals surface area contributed by atoms with Gasteiger partial charge in [0.05, 0.1) is 6.21 Å². The zero-order valence-electron chi connectivity index (χ0n) is 16.8. The highest BCUT2D eigenvalue weighted by molar-refractivity contribution is 7.86. The molecular formula is C23H29NO3S. The van der Waals surface area contributed by atoms with E-state index in [-0.39, 0.29) is 0 Å². The molecule has 0 aromatic heterocycles. The summed E-state index contributed by atoms with van der Waals surface area (Å²) in [5, 5.41) is 0. The topological polar surface area (TPSA) is 55.7 Å². The van der Waals surface area contributed by atoms with Crippen LogP contribution in [-0.2, 0) is 16.7 Å². The minimum absolute atomic E-state index is 0.390. The zero-order chi connectivity index (χ0) is 19.5. The van der Waals surface area contributed by atoms with E-state index in [1.807, 2.05) is 6.07 Å². The summed E-state index contributed by atoms with van der Waals surface area (Å²) in [6.45, 7) is 4.79. The smallest absolute Gasteiger partial charge is 0.365 e. The summed E-state index contributed by atoms with van der Waals surface area (Å²) in [5.74, 6) is 2.55. The third-order valence-electron chi connectivity index (χ3n) is 7.90. The fraction of sp³-hybridized carbons (Fsp3) is 0.609. The van der Waals surface area contributed by atoms with E-state index in [9.17, 15) is 8.42 Å². The number of allylic oxidation sites excluding steroid dienone is 2. The van der Waals surface area contributed by atoms with Crippen molar-refractivity contribution in [3.63, 3.8) is 0 Å². The predicted octanol–water partition coefficient (Wildman–Crippen LogP) is 5.33. The predicted molar refractivity (Wildman–Crippen MR) is 111 cm³/mol. The lowest BCUT2D eigenvalue weighted by molar-refractivity contribution is 0.0812. The molecule has 0 N–H and O–H groups in total. The minimum atomic E-state index is -3.82. The third-order valence-corrected chi connectivity index (χ3v) is 8.65. The van der Waals surface area contributed by atoms with E-state index < -0.39 is 10.3 Å². The molecule has 3 aliphatic carbocycles. The van der Waals surface area contributed by atoms with E-state index in [1.165, 1.54) is 62.3 Å². The molecule has 28 heavy (non-hydrogen) atoms. The first-order valence-corrected chi connectivity index (χ1v) is 12.1. The first-order chi connectivity index (χ1) is 13.4. The van der Waals surface area contributed by atoms with Crippen molar-refractivity contribution in [2.75, 3.05) is 0 Å². The number of aryl methyl sites for hydroxylation is 1. The van der Waals surface area contributed by atoms with Crippen LogP contribution < -0.4 is 4.18 Å². The molecule has 4 nitrogen and oxygen atoms in total. The van der Waals surface area contributed by atoms with Crippen LogP contribution in [0, 0.1) is 17.3 Å². The summed E-state index contributed by atoms with van der Waals surface area (Å²) in [6, 6.07) is 4.11. The normalized spacial score (nSPS) is 36.2. The summed E-state index contributed by atoms with van der Waals surface area (Å²) in [5.41, 5.74) is 5.60. The maximum absolute atomic E-state index is 11.7. The van der Waals surface area contributed by atoms with Crippen LogP contribution in [0.5, 0.6) is 5.75 Å². The van der Waals surface area contributed by atoms with E-state index in [0.29, 0.717) is 17.1 Å². The van der Waals surface area contributed by atoms with Crippen LogP contribution in [0.25, 0.3) is 0 Å². The van der Waals surface area contributed by atoms with Gasteiger partial charge in [-0.05, 0) is 91.4 Å². The second-order valence-corrected chi connectivity index (χ2v) is 10.5. The van der Waals surface area contributed by atoms with Crippen molar-refractivity contribution in [1.82, 2.24) is 0 Å². The molecule has 0 saturated heterocycles. The van der Waals surface area contributed by atoms with E-state index in [4.69, 9.17) is 4.18 Å². The highest BCUT2D eigenvalue weighted by Crippen LogP contribution is 2.63. The van der Waals surface area contributed by atoms with E-state index >= 15 is 0 Å². The van der Waals surface area contributed by atoms with E-state index in [2.05, 4.69) is 30.4 Å². The molecule has 0 bridgehead atoms. The van der Waals surface area contributed by atoms with Crippen molar-refractivity contribution in [1.29, 1.82) is 0 Å². The Morgan fingerprint density at radius 3 is 2.93 bits per heavy atom. The van der Waals surface area contributed by atoms with Crippen molar-refractivity contribution in [2.45, 2.75) is 71.1 Å². The van der Waals surface area contributed by atoms with E-state index in [0.717, 1.165) is 23.8 Å². The Balaban J connectivity index is 1.49. The summed E-state index contributed by atoms with van der Waals surface area (Å²) >= 11 is 0. The quantitative estimate of drug-likeness (QED) is 0.632. The van der Waals surface area contributed by atoms with Gasteiger partial charge in [-0.1, -0.05) is 31.9 Å². The van der Waals surface area contributed by atoms with Gasteiger partial charge in [0, 0.05) is 5.56 Å². The first-order valence-electron chi connectivity index (χ1n) is 10.8. The molecular weight excluding hydrogens is 370 g/mol. The van der Waals surface area contributed by atoms with Crippen LogP contribution in [0.3, 0.4) is 0 Å². The third kappa shape index (κ3) is 2.77. The average Bonchev–Trinajstić information content (AvgIpc) is 3.00. The molecule has 2 saturated carbocycles. The van der Waals surface area contributed by atoms with Crippen molar-refractivity contribution in [3.8, 4) is 5.75 Å². The van der Waals surface area contributed by atoms with Crippen molar-refractivity contribution in [2.24, 2.45) is 21.6 Å². The second kappa shape index (κ2) is 6.45. The largest absolute Gasteiger partial charge is 0.428 e. The van der Waals surface area contributed by atoms with Crippen LogP contribution in [0.2, 0.25) is 0 Å². The lowest BCUT2D eigenvalue weighted by Gasteiger charge is -2.49. The Morgan fingerprint density at radius 1 is 1.25 bits per heavy atom. The highest BCUT2D eigenvalue weighted by Gasteiger charge is 2.52. The van der Waals surface area contributed by atoms with Crippen LogP contribution in [0.1, 0.15) is 81.4 Å². The second-order valence-electron chi connectivity index (χ2n) is 9.26. The Hall–Kier alpha value is -1.62. The number of fused-ring (bicyclic) bond motifs is 6. The Morgan fingerprint density at radius 2 is 2.11 bits per heavy atom. The number of hydrogen-bond acceptors (Lipinski definition) is 3. The van der Waals surface area contributed by atoms with Crippen LogP contribution in [0.4, 0.5) is 0 Å². The monoisotopic (exact) mass is 399 g/mol.